The summed E-state index contributed by atoms with van der Waals surface area (Å²) in [6.45, 7) is 1.11. The van der Waals surface area contributed by atoms with Gasteiger partial charge in [0.2, 0.25) is 0 Å². The second-order valence-corrected chi connectivity index (χ2v) is 6.36. The Hall–Kier alpha value is -2.52. The van der Waals surface area contributed by atoms with Crippen LogP contribution in [0.5, 0.6) is 0 Å². The number of piperidine rings is 1. The molecule has 1 aromatic heterocycles. The molecule has 3 rings (SSSR count). The minimum Gasteiger partial charge on any atom is -0.339 e. The lowest BCUT2D eigenvalue weighted by Crippen LogP contribution is -2.40. The smallest absolute Gasteiger partial charge is 0.253 e. The first-order valence-electron chi connectivity index (χ1n) is 7.42. The first-order valence-corrected chi connectivity index (χ1v) is 8.30. The van der Waals surface area contributed by atoms with Crippen molar-refractivity contribution in [2.24, 2.45) is 5.92 Å². The van der Waals surface area contributed by atoms with Gasteiger partial charge in [0.1, 0.15) is 0 Å². The van der Waals surface area contributed by atoms with Gasteiger partial charge in [-0.05, 0) is 31.0 Å². The summed E-state index contributed by atoms with van der Waals surface area (Å²) in [4.78, 5) is 30.6. The number of carbonyl (C=O) groups is 2. The number of aromatic nitrogens is 1. The van der Waals surface area contributed by atoms with Gasteiger partial charge in [-0.2, -0.15) is 5.26 Å². The number of nitrogens with zero attached hydrogens (tertiary/aromatic N) is 3. The zero-order chi connectivity index (χ0) is 16.2. The fraction of sp³-hybridized carbons (Fsp3) is 0.294. The molecule has 1 aromatic carbocycles. The quantitative estimate of drug-likeness (QED) is 0.813. The molecule has 2 aromatic rings. The highest BCUT2D eigenvalue weighted by Crippen LogP contribution is 2.24. The van der Waals surface area contributed by atoms with Gasteiger partial charge in [-0.25, -0.2) is 4.98 Å². The molecule has 0 unspecified atom stereocenters. The second kappa shape index (κ2) is 6.71. The molecule has 0 saturated carbocycles. The molecule has 1 aliphatic heterocycles. The average molecular weight is 325 g/mol. The Morgan fingerprint density at radius 2 is 2.09 bits per heavy atom. The highest BCUT2D eigenvalue weighted by Gasteiger charge is 2.29. The van der Waals surface area contributed by atoms with E-state index in [1.807, 2.05) is 6.07 Å². The largest absolute Gasteiger partial charge is 0.339 e. The summed E-state index contributed by atoms with van der Waals surface area (Å²) in [5, 5.41) is 11.3. The SMILES string of the molecule is N#Cc1cccc(C(=O)N2CCC(C(=O)c3nccs3)CC2)c1. The summed E-state index contributed by atoms with van der Waals surface area (Å²) in [5.74, 6) is -0.0588. The number of nitriles is 1. The molecule has 1 saturated heterocycles. The monoisotopic (exact) mass is 325 g/mol. The van der Waals surface area contributed by atoms with Gasteiger partial charge in [0.15, 0.2) is 10.8 Å². The number of carbonyl (C=O) groups excluding carboxylic acids is 2. The first kappa shape index (κ1) is 15.4. The molecule has 5 nitrogen and oxygen atoms in total. The third-order valence-electron chi connectivity index (χ3n) is 4.03. The molecule has 0 radical (unpaired) electrons. The van der Waals surface area contributed by atoms with Crippen molar-refractivity contribution in [2.75, 3.05) is 13.1 Å². The van der Waals surface area contributed by atoms with Crippen LogP contribution in [0.2, 0.25) is 0 Å². The number of Topliss-reactive ketones (excluding diaryl/α,β-unsaturated/α-hetero) is 1. The van der Waals surface area contributed by atoms with Gasteiger partial charge in [0, 0.05) is 36.1 Å². The highest BCUT2D eigenvalue weighted by atomic mass is 32.1. The predicted molar refractivity (Wildman–Crippen MR) is 86.2 cm³/mol. The minimum atomic E-state index is -0.0813. The number of hydrogen-bond acceptors (Lipinski definition) is 5. The molecule has 1 amide bonds. The Labute approximate surface area is 138 Å². The summed E-state index contributed by atoms with van der Waals surface area (Å²) in [6.07, 6.45) is 2.95. The van der Waals surface area contributed by atoms with Crippen LogP contribution in [-0.4, -0.2) is 34.7 Å². The summed E-state index contributed by atoms with van der Waals surface area (Å²) >= 11 is 1.36. The van der Waals surface area contributed by atoms with Gasteiger partial charge < -0.3 is 4.90 Å². The van der Waals surface area contributed by atoms with Crippen molar-refractivity contribution in [3.8, 4) is 6.07 Å². The summed E-state index contributed by atoms with van der Waals surface area (Å²) < 4.78 is 0. The van der Waals surface area contributed by atoms with Gasteiger partial charge in [0.05, 0.1) is 11.6 Å². The van der Waals surface area contributed by atoms with E-state index >= 15 is 0 Å². The van der Waals surface area contributed by atoms with E-state index in [-0.39, 0.29) is 17.6 Å². The fourth-order valence-corrected chi connectivity index (χ4v) is 3.42. The van der Waals surface area contributed by atoms with Crippen LogP contribution in [0.3, 0.4) is 0 Å². The van der Waals surface area contributed by atoms with Gasteiger partial charge in [-0.3, -0.25) is 9.59 Å². The molecule has 0 bridgehead atoms. The van der Waals surface area contributed by atoms with Gasteiger partial charge >= 0.3 is 0 Å². The van der Waals surface area contributed by atoms with Crippen molar-refractivity contribution in [1.82, 2.24) is 9.88 Å². The van der Waals surface area contributed by atoms with Crippen LogP contribution in [-0.2, 0) is 0 Å². The Bertz CT molecular complexity index is 756. The van der Waals surface area contributed by atoms with Crippen LogP contribution in [0.1, 0.15) is 38.6 Å². The molecular weight excluding hydrogens is 310 g/mol. The van der Waals surface area contributed by atoms with Gasteiger partial charge in [-0.15, -0.1) is 11.3 Å². The van der Waals surface area contributed by atoms with Gasteiger partial charge in [-0.1, -0.05) is 6.07 Å². The van der Waals surface area contributed by atoms with E-state index in [4.69, 9.17) is 5.26 Å². The standard InChI is InChI=1S/C17H15N3O2S/c18-11-12-2-1-3-14(10-12)17(22)20-7-4-13(5-8-20)15(21)16-19-6-9-23-16/h1-3,6,9-10,13H,4-5,7-8H2. The molecule has 0 aliphatic carbocycles. The number of amides is 1. The second-order valence-electron chi connectivity index (χ2n) is 5.46. The van der Waals surface area contributed by atoms with Crippen LogP contribution < -0.4 is 0 Å². The van der Waals surface area contributed by atoms with E-state index in [1.54, 1.807) is 40.7 Å². The number of thiazole rings is 1. The van der Waals surface area contributed by atoms with E-state index in [1.165, 1.54) is 11.3 Å². The molecule has 6 heteroatoms. The molecular formula is C17H15N3O2S. The molecule has 1 fully saturated rings. The number of rotatable bonds is 3. The molecule has 0 spiro atoms. The molecule has 0 atom stereocenters. The Morgan fingerprint density at radius 1 is 1.30 bits per heavy atom. The average Bonchev–Trinajstić information content (AvgIpc) is 3.15. The van der Waals surface area contributed by atoms with Crippen molar-refractivity contribution in [3.63, 3.8) is 0 Å². The number of ketones is 1. The lowest BCUT2D eigenvalue weighted by atomic mass is 9.92. The molecule has 23 heavy (non-hydrogen) atoms. The molecule has 2 heterocycles. The predicted octanol–water partition coefficient (Wildman–Crippen LogP) is 2.75. The van der Waals surface area contributed by atoms with E-state index in [0.717, 1.165) is 0 Å². The fourth-order valence-electron chi connectivity index (χ4n) is 2.77. The van der Waals surface area contributed by atoms with E-state index in [9.17, 15) is 9.59 Å². The summed E-state index contributed by atoms with van der Waals surface area (Å²) in [5.41, 5.74) is 0.999. The zero-order valence-electron chi connectivity index (χ0n) is 12.4. The van der Waals surface area contributed by atoms with Crippen LogP contribution >= 0.6 is 11.3 Å². The number of benzene rings is 1. The van der Waals surface area contributed by atoms with E-state index < -0.39 is 0 Å². The van der Waals surface area contributed by atoms with Crippen molar-refractivity contribution in [3.05, 3.63) is 52.0 Å². The molecule has 0 N–H and O–H groups in total. The normalized spacial score (nSPS) is 15.2. The highest BCUT2D eigenvalue weighted by molar-refractivity contribution is 7.11. The minimum absolute atomic E-state index is 0.0596. The lowest BCUT2D eigenvalue weighted by molar-refractivity contribution is 0.0650. The maximum atomic E-state index is 12.5. The summed E-state index contributed by atoms with van der Waals surface area (Å²) in [7, 11) is 0. The number of likely N-dealkylation sites (tertiary alicyclic amines) is 1. The van der Waals surface area contributed by atoms with Gasteiger partial charge in [0.25, 0.3) is 5.91 Å². The van der Waals surface area contributed by atoms with Crippen LogP contribution in [0.25, 0.3) is 0 Å². The Kier molecular flexibility index (Phi) is 4.49. The van der Waals surface area contributed by atoms with Crippen molar-refractivity contribution in [1.29, 1.82) is 5.26 Å². The third kappa shape index (κ3) is 3.30. The molecule has 1 aliphatic rings. The lowest BCUT2D eigenvalue weighted by Gasteiger charge is -2.31. The maximum absolute atomic E-state index is 12.5. The van der Waals surface area contributed by atoms with Crippen LogP contribution in [0, 0.1) is 17.2 Å². The van der Waals surface area contributed by atoms with Crippen LogP contribution in [0.4, 0.5) is 0 Å². The Morgan fingerprint density at radius 3 is 2.74 bits per heavy atom. The van der Waals surface area contributed by atoms with Crippen molar-refractivity contribution < 1.29 is 9.59 Å². The van der Waals surface area contributed by atoms with Crippen molar-refractivity contribution >= 4 is 23.0 Å². The summed E-state index contributed by atoms with van der Waals surface area (Å²) in [6, 6.07) is 8.76. The Balaban J connectivity index is 1.63. The maximum Gasteiger partial charge on any atom is 0.253 e. The third-order valence-corrected chi connectivity index (χ3v) is 4.82. The van der Waals surface area contributed by atoms with E-state index in [0.29, 0.717) is 42.1 Å². The van der Waals surface area contributed by atoms with Crippen LogP contribution in [0.15, 0.2) is 35.8 Å². The van der Waals surface area contributed by atoms with Crippen molar-refractivity contribution in [2.45, 2.75) is 12.8 Å². The number of hydrogen-bond donors (Lipinski definition) is 0. The van der Waals surface area contributed by atoms with E-state index in [2.05, 4.69) is 4.98 Å². The topological polar surface area (TPSA) is 74.1 Å². The first-order chi connectivity index (χ1) is 11.2. The zero-order valence-corrected chi connectivity index (χ0v) is 13.3. The molecule has 116 valence electrons.